The summed E-state index contributed by atoms with van der Waals surface area (Å²) in [5.74, 6) is -3.22. The smallest absolute Gasteiger partial charge is 0.496 e. The Morgan fingerprint density at radius 1 is 1.18 bits per heavy atom. The summed E-state index contributed by atoms with van der Waals surface area (Å²) in [7, 11) is 0.555. The third-order valence-corrected chi connectivity index (χ3v) is 5.23. The van der Waals surface area contributed by atoms with Crippen molar-refractivity contribution >= 4 is 57.3 Å². The van der Waals surface area contributed by atoms with Gasteiger partial charge in [-0.2, -0.15) is 0 Å². The van der Waals surface area contributed by atoms with Gasteiger partial charge in [0.2, 0.25) is 11.2 Å². The summed E-state index contributed by atoms with van der Waals surface area (Å²) in [4.78, 5) is 0. The van der Waals surface area contributed by atoms with E-state index in [9.17, 15) is 9.13 Å². The minimum atomic E-state index is -3.56. The van der Waals surface area contributed by atoms with E-state index in [1.54, 1.807) is 0 Å². The molecule has 0 aromatic heterocycles. The minimum Gasteiger partial charge on any atom is -0.496 e. The van der Waals surface area contributed by atoms with E-state index in [2.05, 4.69) is 0 Å². The fourth-order valence-corrected chi connectivity index (χ4v) is 3.62. The molecular weight excluding hydrogens is 328 g/mol. The van der Waals surface area contributed by atoms with E-state index in [1.165, 1.54) is 26.4 Å². The maximum atomic E-state index is 11.6. The lowest BCUT2D eigenvalue weighted by Crippen LogP contribution is -2.11. The zero-order valence-electron chi connectivity index (χ0n) is 8.82. The van der Waals surface area contributed by atoms with Crippen molar-refractivity contribution in [3.8, 4) is 11.5 Å². The molecule has 0 aliphatic carbocycles. The highest BCUT2D eigenvalue weighted by atomic mass is 35.9. The van der Waals surface area contributed by atoms with Crippen molar-refractivity contribution in [1.82, 2.24) is 0 Å². The molecule has 1 aromatic rings. The summed E-state index contributed by atoms with van der Waals surface area (Å²) in [6.45, 7) is 0. The molecule has 0 radical (unpaired) electrons. The van der Waals surface area contributed by atoms with Gasteiger partial charge in [-0.3, -0.25) is 4.57 Å². The van der Waals surface area contributed by atoms with Crippen LogP contribution in [0.1, 0.15) is 0 Å². The van der Waals surface area contributed by atoms with Gasteiger partial charge < -0.3 is 9.47 Å². The summed E-state index contributed by atoms with van der Waals surface area (Å²) < 4.78 is 32.9. The van der Waals surface area contributed by atoms with Crippen molar-refractivity contribution in [2.24, 2.45) is 0 Å². The maximum absolute atomic E-state index is 11.6. The van der Waals surface area contributed by atoms with Crippen molar-refractivity contribution in [1.29, 1.82) is 0 Å². The molecule has 0 saturated heterocycles. The first-order valence-corrected chi connectivity index (χ1v) is 9.88. The average Bonchev–Trinajstić information content (AvgIpc) is 2.25. The molecule has 0 saturated carbocycles. The summed E-state index contributed by atoms with van der Waals surface area (Å²) in [6, 6.07) is 2.65. The number of rotatable bonds is 4. The summed E-state index contributed by atoms with van der Waals surface area (Å²) in [5.41, 5.74) is 0. The minimum absolute atomic E-state index is 0.0810. The van der Waals surface area contributed by atoms with E-state index in [0.29, 0.717) is 0 Å². The molecule has 0 fully saturated rings. The number of hydrogen-bond acceptors (Lipinski definition) is 4. The Kier molecular flexibility index (Phi) is 5.12. The Bertz CT molecular complexity index is 500. The topological polar surface area (TPSA) is 52.6 Å². The molecule has 0 N–H and O–H groups in total. The molecule has 0 amide bonds. The van der Waals surface area contributed by atoms with Crippen LogP contribution in [0.3, 0.4) is 0 Å². The van der Waals surface area contributed by atoms with Crippen LogP contribution in [0.2, 0.25) is 0 Å². The van der Waals surface area contributed by atoms with Gasteiger partial charge in [-0.1, -0.05) is 0 Å². The molecule has 17 heavy (non-hydrogen) atoms. The number of benzene rings is 1. The molecule has 0 aliphatic rings. The lowest BCUT2D eigenvalue weighted by atomic mass is 10.3. The lowest BCUT2D eigenvalue weighted by Gasteiger charge is -2.10. The molecule has 0 heterocycles. The van der Waals surface area contributed by atoms with Crippen LogP contribution in [0.25, 0.3) is 0 Å². The van der Waals surface area contributed by atoms with Crippen LogP contribution in [0.15, 0.2) is 12.1 Å². The van der Waals surface area contributed by atoms with E-state index in [-0.39, 0.29) is 22.1 Å². The number of methoxy groups -OCH3 is 2. The Morgan fingerprint density at radius 3 is 2.06 bits per heavy atom. The largest absolute Gasteiger partial charge is 0.498 e. The third-order valence-electron chi connectivity index (χ3n) is 1.95. The highest BCUT2D eigenvalue weighted by molar-refractivity contribution is 8.13. The number of halogens is 3. The van der Waals surface area contributed by atoms with Crippen molar-refractivity contribution in [2.75, 3.05) is 14.2 Å². The molecule has 1 aromatic carbocycles. The van der Waals surface area contributed by atoms with Gasteiger partial charge in [0.15, 0.2) is 5.75 Å². The van der Waals surface area contributed by atoms with Crippen molar-refractivity contribution in [3.63, 3.8) is 0 Å². The van der Waals surface area contributed by atoms with Gasteiger partial charge in [0.05, 0.1) is 19.5 Å². The molecule has 4 nitrogen and oxygen atoms in total. The predicted octanol–water partition coefficient (Wildman–Crippen LogP) is 3.61. The second-order valence-corrected chi connectivity index (χ2v) is 9.58. The van der Waals surface area contributed by atoms with Crippen LogP contribution in [0.4, 0.5) is 0 Å². The van der Waals surface area contributed by atoms with Gasteiger partial charge in [0.1, 0.15) is 5.75 Å². The van der Waals surface area contributed by atoms with Gasteiger partial charge in [-0.15, -0.1) is 0 Å². The van der Waals surface area contributed by atoms with E-state index in [1.807, 2.05) is 0 Å². The Balaban J connectivity index is 3.55. The monoisotopic (exact) mass is 335 g/mol. The second kappa shape index (κ2) is 5.77. The standard InChI is InChI=1S/C8H8Cl3O4P2/c1-14-5-4-8(17(10,11)13)6(15-2)3-7(5)16(9)12/h3-4H,1-2H3/q+1. The Hall–Kier alpha value is 0.0200. The molecule has 1 rings (SSSR count). The fourth-order valence-electron chi connectivity index (χ4n) is 1.21. The van der Waals surface area contributed by atoms with Gasteiger partial charge >= 0.3 is 7.15 Å². The van der Waals surface area contributed by atoms with Gasteiger partial charge in [0.25, 0.3) is 11.2 Å². The Labute approximate surface area is 114 Å². The summed E-state index contributed by atoms with van der Waals surface area (Å²) >= 11 is 16.7. The van der Waals surface area contributed by atoms with Crippen LogP contribution >= 0.6 is 46.7 Å². The maximum Gasteiger partial charge on any atom is 0.498 e. The van der Waals surface area contributed by atoms with Crippen molar-refractivity contribution in [2.45, 2.75) is 0 Å². The quantitative estimate of drug-likeness (QED) is 0.788. The van der Waals surface area contributed by atoms with Crippen LogP contribution in [0, 0.1) is 0 Å². The first-order valence-electron chi connectivity index (χ1n) is 4.20. The van der Waals surface area contributed by atoms with E-state index in [0.717, 1.165) is 0 Å². The second-order valence-electron chi connectivity index (χ2n) is 2.90. The summed E-state index contributed by atoms with van der Waals surface area (Å²) in [5, 5.41) is 0.309. The molecule has 0 aliphatic heterocycles. The molecular formula is C8H8Cl3O4P2+. The number of ether oxygens (including phenoxy) is 2. The highest BCUT2D eigenvalue weighted by Crippen LogP contribution is 2.57. The Morgan fingerprint density at radius 2 is 1.71 bits per heavy atom. The van der Waals surface area contributed by atoms with Crippen LogP contribution in [-0.2, 0) is 9.13 Å². The molecule has 9 heteroatoms. The third kappa shape index (κ3) is 3.49. The highest BCUT2D eigenvalue weighted by Gasteiger charge is 2.31. The van der Waals surface area contributed by atoms with Crippen molar-refractivity contribution in [3.05, 3.63) is 12.1 Å². The molecule has 1 unspecified atom stereocenters. The molecule has 94 valence electrons. The average molecular weight is 336 g/mol. The molecule has 0 spiro atoms. The lowest BCUT2D eigenvalue weighted by molar-refractivity contribution is 0.408. The van der Waals surface area contributed by atoms with E-state index >= 15 is 0 Å². The first-order chi connectivity index (χ1) is 7.81. The fraction of sp³-hybridized carbons (Fsp3) is 0.250. The van der Waals surface area contributed by atoms with E-state index in [4.69, 9.17) is 43.2 Å². The molecule has 1 atom stereocenters. The van der Waals surface area contributed by atoms with Gasteiger partial charge in [-0.25, -0.2) is 0 Å². The van der Waals surface area contributed by atoms with Crippen LogP contribution in [0.5, 0.6) is 11.5 Å². The SMILES string of the molecule is COc1cc(P(=O)(Cl)Cl)c(OC)cc1[P+](=O)Cl. The van der Waals surface area contributed by atoms with Crippen LogP contribution in [-0.4, -0.2) is 14.2 Å². The number of hydrogen-bond donors (Lipinski definition) is 0. The predicted molar refractivity (Wildman–Crippen MR) is 71.6 cm³/mol. The summed E-state index contributed by atoms with van der Waals surface area (Å²) in [6.07, 6.45) is 0. The van der Waals surface area contributed by atoms with E-state index < -0.39 is 13.0 Å². The normalized spacial score (nSPS) is 12.2. The van der Waals surface area contributed by atoms with Gasteiger partial charge in [0, 0.05) is 12.1 Å². The zero-order chi connectivity index (χ0) is 13.2. The molecule has 0 bridgehead atoms. The first kappa shape index (κ1) is 15.1. The van der Waals surface area contributed by atoms with Crippen LogP contribution < -0.4 is 20.1 Å². The zero-order valence-corrected chi connectivity index (χ0v) is 12.9. The van der Waals surface area contributed by atoms with Gasteiger partial charge in [-0.05, 0) is 27.0 Å². The van der Waals surface area contributed by atoms with Crippen molar-refractivity contribution < 1.29 is 18.6 Å².